The van der Waals surface area contributed by atoms with Crippen LogP contribution in [-0.4, -0.2) is 12.1 Å². The van der Waals surface area contributed by atoms with Crippen molar-refractivity contribution >= 4 is 5.97 Å². The molecule has 0 aromatic carbocycles. The van der Waals surface area contributed by atoms with Crippen molar-refractivity contribution in [1.82, 2.24) is 0 Å². The van der Waals surface area contributed by atoms with E-state index in [-0.39, 0.29) is 12.1 Å². The van der Waals surface area contributed by atoms with E-state index in [0.29, 0.717) is 0 Å². The van der Waals surface area contributed by atoms with Gasteiger partial charge in [-0.3, -0.25) is 0 Å². The fraction of sp³-hybridized carbons (Fsp3) is 0.842. The van der Waals surface area contributed by atoms with Crippen LogP contribution in [0.5, 0.6) is 0 Å². The number of esters is 1. The van der Waals surface area contributed by atoms with Crippen LogP contribution in [0.4, 0.5) is 0 Å². The Bertz CT molecular complexity index is 277. The van der Waals surface area contributed by atoms with E-state index >= 15 is 0 Å². The molecule has 1 atom stereocenters. The van der Waals surface area contributed by atoms with Gasteiger partial charge in [-0.05, 0) is 33.1 Å². The third-order valence-electron chi connectivity index (χ3n) is 3.68. The maximum absolute atomic E-state index is 11.7. The third kappa shape index (κ3) is 13.9. The van der Waals surface area contributed by atoms with Crippen LogP contribution in [0.15, 0.2) is 11.6 Å². The van der Waals surface area contributed by atoms with Crippen LogP contribution in [-0.2, 0) is 9.53 Å². The van der Waals surface area contributed by atoms with Gasteiger partial charge < -0.3 is 4.74 Å². The molecule has 2 heteroatoms. The van der Waals surface area contributed by atoms with Gasteiger partial charge in [0.1, 0.15) is 6.10 Å². The second-order valence-electron chi connectivity index (χ2n) is 6.33. The summed E-state index contributed by atoms with van der Waals surface area (Å²) in [6, 6.07) is 0. The molecule has 0 heterocycles. The van der Waals surface area contributed by atoms with Crippen LogP contribution in [0, 0.1) is 0 Å². The number of hydrogen-bond acceptors (Lipinski definition) is 2. The van der Waals surface area contributed by atoms with Gasteiger partial charge in [-0.25, -0.2) is 4.79 Å². The van der Waals surface area contributed by atoms with Crippen molar-refractivity contribution in [2.24, 2.45) is 0 Å². The maximum Gasteiger partial charge on any atom is 0.330 e. The van der Waals surface area contributed by atoms with Crippen molar-refractivity contribution in [2.75, 3.05) is 0 Å². The monoisotopic (exact) mass is 296 g/mol. The minimum atomic E-state index is -0.173. The summed E-state index contributed by atoms with van der Waals surface area (Å²) in [6.07, 6.45) is 15.4. The average Bonchev–Trinajstić information content (AvgIpc) is 2.41. The zero-order valence-electron chi connectivity index (χ0n) is 14.7. The highest BCUT2D eigenvalue weighted by Crippen LogP contribution is 2.15. The molecule has 0 radical (unpaired) electrons. The molecule has 0 aliphatic carbocycles. The number of allylic oxidation sites excluding steroid dienone is 1. The van der Waals surface area contributed by atoms with Gasteiger partial charge in [0.2, 0.25) is 0 Å². The van der Waals surface area contributed by atoms with Gasteiger partial charge in [-0.1, -0.05) is 70.8 Å². The molecule has 0 aliphatic rings. The first-order valence-electron chi connectivity index (χ1n) is 8.95. The topological polar surface area (TPSA) is 26.3 Å². The Labute approximate surface area is 132 Å². The zero-order chi connectivity index (χ0) is 15.9. The summed E-state index contributed by atoms with van der Waals surface area (Å²) >= 11 is 0. The van der Waals surface area contributed by atoms with Crippen LogP contribution in [0.25, 0.3) is 0 Å². The van der Waals surface area contributed by atoms with E-state index < -0.39 is 0 Å². The molecule has 0 fully saturated rings. The second-order valence-corrected chi connectivity index (χ2v) is 6.33. The second kappa shape index (κ2) is 14.2. The molecular formula is C19H36O2. The molecule has 0 amide bonds. The van der Waals surface area contributed by atoms with E-state index in [2.05, 4.69) is 13.8 Å². The number of carbonyl (C=O) groups is 1. The van der Waals surface area contributed by atoms with Gasteiger partial charge >= 0.3 is 5.97 Å². The molecule has 0 spiro atoms. The highest BCUT2D eigenvalue weighted by Gasteiger charge is 2.11. The van der Waals surface area contributed by atoms with Crippen LogP contribution >= 0.6 is 0 Å². The summed E-state index contributed by atoms with van der Waals surface area (Å²) in [5.74, 6) is -0.173. The number of ether oxygens (including phenoxy) is 1. The van der Waals surface area contributed by atoms with E-state index in [0.717, 1.165) is 24.8 Å². The standard InChI is InChI=1S/C19H36O2/c1-5-7-8-9-10-11-12-13-15-18(14-6-2)21-19(20)16-17(3)4/h16,18H,5-15H2,1-4H3. The minimum absolute atomic E-state index is 0.109. The van der Waals surface area contributed by atoms with Crippen LogP contribution in [0.1, 0.15) is 98.3 Å². The molecule has 0 aromatic rings. The molecule has 0 N–H and O–H groups in total. The average molecular weight is 296 g/mol. The highest BCUT2D eigenvalue weighted by molar-refractivity contribution is 5.82. The van der Waals surface area contributed by atoms with Gasteiger partial charge in [0.05, 0.1) is 0 Å². The van der Waals surface area contributed by atoms with Crippen LogP contribution < -0.4 is 0 Å². The summed E-state index contributed by atoms with van der Waals surface area (Å²) in [7, 11) is 0. The van der Waals surface area contributed by atoms with Crippen LogP contribution in [0.2, 0.25) is 0 Å². The number of hydrogen-bond donors (Lipinski definition) is 0. The number of carbonyl (C=O) groups excluding carboxylic acids is 1. The molecule has 0 bridgehead atoms. The summed E-state index contributed by atoms with van der Waals surface area (Å²) in [5.41, 5.74) is 1.00. The summed E-state index contributed by atoms with van der Waals surface area (Å²) < 4.78 is 5.55. The quantitative estimate of drug-likeness (QED) is 0.230. The number of rotatable bonds is 13. The Morgan fingerprint density at radius 1 is 0.857 bits per heavy atom. The lowest BCUT2D eigenvalue weighted by Gasteiger charge is -2.16. The molecular weight excluding hydrogens is 260 g/mol. The predicted molar refractivity (Wildman–Crippen MR) is 91.4 cm³/mol. The SMILES string of the molecule is CCCCCCCCCCC(CCC)OC(=O)C=C(C)C. The van der Waals surface area contributed by atoms with Crippen molar-refractivity contribution in [3.63, 3.8) is 0 Å². The highest BCUT2D eigenvalue weighted by atomic mass is 16.5. The van der Waals surface area contributed by atoms with E-state index in [1.54, 1.807) is 6.08 Å². The van der Waals surface area contributed by atoms with Gasteiger partial charge in [-0.2, -0.15) is 0 Å². The van der Waals surface area contributed by atoms with Gasteiger partial charge in [0, 0.05) is 6.08 Å². The third-order valence-corrected chi connectivity index (χ3v) is 3.68. The molecule has 0 rings (SSSR count). The van der Waals surface area contributed by atoms with E-state index in [9.17, 15) is 4.79 Å². The van der Waals surface area contributed by atoms with Crippen molar-refractivity contribution in [3.05, 3.63) is 11.6 Å². The Morgan fingerprint density at radius 3 is 1.95 bits per heavy atom. The minimum Gasteiger partial charge on any atom is -0.459 e. The summed E-state index contributed by atoms with van der Waals surface area (Å²) in [6.45, 7) is 8.25. The Kier molecular flexibility index (Phi) is 13.6. The fourth-order valence-electron chi connectivity index (χ4n) is 2.52. The first-order valence-corrected chi connectivity index (χ1v) is 8.95. The predicted octanol–water partition coefficient (Wildman–Crippen LogP) is 6.20. The first kappa shape index (κ1) is 20.2. The molecule has 21 heavy (non-hydrogen) atoms. The lowest BCUT2D eigenvalue weighted by molar-refractivity contribution is -0.143. The van der Waals surface area contributed by atoms with Gasteiger partial charge in [-0.15, -0.1) is 0 Å². The Hall–Kier alpha value is -0.790. The van der Waals surface area contributed by atoms with Gasteiger partial charge in [0.15, 0.2) is 0 Å². The largest absolute Gasteiger partial charge is 0.459 e. The first-order chi connectivity index (χ1) is 10.1. The lowest BCUT2D eigenvalue weighted by Crippen LogP contribution is -2.17. The Morgan fingerprint density at radius 2 is 1.43 bits per heavy atom. The lowest BCUT2D eigenvalue weighted by atomic mass is 10.0. The van der Waals surface area contributed by atoms with Crippen molar-refractivity contribution in [1.29, 1.82) is 0 Å². The molecule has 2 nitrogen and oxygen atoms in total. The number of unbranched alkanes of at least 4 members (excludes halogenated alkanes) is 7. The van der Waals surface area contributed by atoms with E-state index in [1.165, 1.54) is 51.4 Å². The molecule has 124 valence electrons. The zero-order valence-corrected chi connectivity index (χ0v) is 14.7. The van der Waals surface area contributed by atoms with Gasteiger partial charge in [0.25, 0.3) is 0 Å². The van der Waals surface area contributed by atoms with Crippen molar-refractivity contribution in [3.8, 4) is 0 Å². The summed E-state index contributed by atoms with van der Waals surface area (Å²) in [4.78, 5) is 11.7. The van der Waals surface area contributed by atoms with E-state index in [1.807, 2.05) is 13.8 Å². The molecule has 0 saturated carbocycles. The normalized spacial score (nSPS) is 12.0. The van der Waals surface area contributed by atoms with Crippen molar-refractivity contribution in [2.45, 2.75) is 104 Å². The molecule has 1 unspecified atom stereocenters. The molecule has 0 saturated heterocycles. The summed E-state index contributed by atoms with van der Waals surface area (Å²) in [5, 5.41) is 0. The van der Waals surface area contributed by atoms with Crippen molar-refractivity contribution < 1.29 is 9.53 Å². The fourth-order valence-corrected chi connectivity index (χ4v) is 2.52. The van der Waals surface area contributed by atoms with E-state index in [4.69, 9.17) is 4.74 Å². The molecule has 0 aliphatic heterocycles. The smallest absolute Gasteiger partial charge is 0.330 e. The van der Waals surface area contributed by atoms with Crippen LogP contribution in [0.3, 0.4) is 0 Å². The molecule has 0 aromatic heterocycles. The maximum atomic E-state index is 11.7. The Balaban J connectivity index is 3.74.